The number of halogens is 1. The summed E-state index contributed by atoms with van der Waals surface area (Å²) >= 11 is 0. The number of rotatable bonds is 5. The zero-order chi connectivity index (χ0) is 22.9. The third-order valence-corrected chi connectivity index (χ3v) is 6.95. The number of sulfone groups is 1. The molecule has 2 aliphatic rings. The van der Waals surface area contributed by atoms with E-state index in [0.717, 1.165) is 0 Å². The van der Waals surface area contributed by atoms with E-state index in [9.17, 15) is 22.4 Å². The van der Waals surface area contributed by atoms with E-state index in [1.165, 1.54) is 24.1 Å². The van der Waals surface area contributed by atoms with Gasteiger partial charge < -0.3 is 14.4 Å². The van der Waals surface area contributed by atoms with Gasteiger partial charge >= 0.3 is 12.1 Å². The smallest absolute Gasteiger partial charge is 0.414 e. The van der Waals surface area contributed by atoms with Gasteiger partial charge in [0.15, 0.2) is 15.9 Å². The fourth-order valence-corrected chi connectivity index (χ4v) is 4.81. The Morgan fingerprint density at radius 2 is 2.00 bits per heavy atom. The number of nitrogens with zero attached hydrogens (tertiary/aromatic N) is 3. The highest BCUT2D eigenvalue weighted by atomic mass is 32.2. The van der Waals surface area contributed by atoms with Gasteiger partial charge in [0, 0.05) is 37.3 Å². The summed E-state index contributed by atoms with van der Waals surface area (Å²) in [4.78, 5) is 30.6. The molecule has 1 aromatic carbocycles. The molecule has 0 spiro atoms. The number of hydrogen-bond acceptors (Lipinski definition) is 8. The fourth-order valence-electron chi connectivity index (χ4n) is 3.61. The third kappa shape index (κ3) is 4.82. The van der Waals surface area contributed by atoms with Crippen molar-refractivity contribution in [3.8, 4) is 11.1 Å². The number of anilines is 2. The number of carbonyl (C=O) groups excluding carboxylic acids is 2. The Morgan fingerprint density at radius 1 is 1.25 bits per heavy atom. The van der Waals surface area contributed by atoms with Crippen LogP contribution in [0.2, 0.25) is 0 Å². The molecule has 0 N–H and O–H groups in total. The first-order valence-corrected chi connectivity index (χ1v) is 11.9. The number of hydrogen-bond donors (Lipinski definition) is 0. The first-order chi connectivity index (χ1) is 15.2. The van der Waals surface area contributed by atoms with Crippen LogP contribution in [0.25, 0.3) is 11.1 Å². The lowest BCUT2D eigenvalue weighted by molar-refractivity contribution is -0.143. The summed E-state index contributed by atoms with van der Waals surface area (Å²) in [6, 6.07) is 7.87. The van der Waals surface area contributed by atoms with Crippen molar-refractivity contribution in [2.75, 3.05) is 47.5 Å². The minimum absolute atomic E-state index is 0.0564. The number of cyclic esters (lactones) is 1. The molecular weight excluding hydrogens is 441 g/mol. The maximum atomic E-state index is 14.9. The molecule has 1 amide bonds. The van der Waals surface area contributed by atoms with Crippen molar-refractivity contribution in [3.05, 3.63) is 42.3 Å². The molecular formula is C21H22FN3O6S. The summed E-state index contributed by atoms with van der Waals surface area (Å²) in [5.74, 6) is -0.183. The molecule has 2 aromatic rings. The summed E-state index contributed by atoms with van der Waals surface area (Å²) < 4.78 is 48.0. The van der Waals surface area contributed by atoms with E-state index in [4.69, 9.17) is 9.47 Å². The van der Waals surface area contributed by atoms with Gasteiger partial charge in [-0.3, -0.25) is 9.69 Å². The van der Waals surface area contributed by atoms with Crippen LogP contribution in [-0.2, 0) is 24.1 Å². The van der Waals surface area contributed by atoms with Gasteiger partial charge in [0.25, 0.3) is 0 Å². The van der Waals surface area contributed by atoms with E-state index in [1.807, 2.05) is 4.90 Å². The number of amides is 1. The van der Waals surface area contributed by atoms with E-state index in [0.29, 0.717) is 35.7 Å². The zero-order valence-corrected chi connectivity index (χ0v) is 18.2. The largest absolute Gasteiger partial charge is 0.462 e. The Morgan fingerprint density at radius 3 is 2.62 bits per heavy atom. The molecule has 0 saturated carbocycles. The molecule has 3 heterocycles. The van der Waals surface area contributed by atoms with Crippen LogP contribution in [0, 0.1) is 5.82 Å². The number of ether oxygens (including phenoxy) is 2. The summed E-state index contributed by atoms with van der Waals surface area (Å²) in [6.45, 7) is 2.11. The Labute approximate surface area is 184 Å². The average Bonchev–Trinajstić information content (AvgIpc) is 3.13. The number of esters is 1. The van der Waals surface area contributed by atoms with Crippen molar-refractivity contribution in [3.63, 3.8) is 0 Å². The number of pyridine rings is 1. The number of aromatic nitrogens is 1. The highest BCUT2D eigenvalue weighted by Gasteiger charge is 2.33. The molecule has 0 bridgehead atoms. The van der Waals surface area contributed by atoms with Crippen LogP contribution < -0.4 is 9.80 Å². The minimum Gasteiger partial charge on any atom is -0.462 e. The molecule has 11 heteroatoms. The zero-order valence-electron chi connectivity index (χ0n) is 17.4. The molecule has 1 atom stereocenters. The normalized spacial score (nSPS) is 20.2. The number of benzene rings is 1. The molecule has 170 valence electrons. The van der Waals surface area contributed by atoms with Crippen LogP contribution in [0.3, 0.4) is 0 Å². The van der Waals surface area contributed by atoms with Crippen LogP contribution in [0.5, 0.6) is 0 Å². The maximum Gasteiger partial charge on any atom is 0.414 e. The van der Waals surface area contributed by atoms with E-state index in [2.05, 4.69) is 4.98 Å². The van der Waals surface area contributed by atoms with Crippen LogP contribution >= 0.6 is 0 Å². The van der Waals surface area contributed by atoms with Crippen molar-refractivity contribution in [1.29, 1.82) is 0 Å². The Bertz CT molecular complexity index is 1120. The lowest BCUT2D eigenvalue weighted by Crippen LogP contribution is -2.40. The first-order valence-electron chi connectivity index (χ1n) is 10.0. The molecule has 0 radical (unpaired) electrons. The minimum atomic E-state index is -2.98. The highest BCUT2D eigenvalue weighted by Crippen LogP contribution is 2.29. The second-order valence-corrected chi connectivity index (χ2v) is 9.93. The standard InChI is InChI=1S/C21H22FN3O6S/c1-14(26)30-13-17-12-25(21(27)31-17)16-3-4-18(19(22)10-16)15-2-5-20(23-11-15)24-6-8-32(28,29)9-7-24/h2-5,10-11,17H,6-9,12-13H2,1H3/t17-/m1/s1. The molecule has 2 aliphatic heterocycles. The second kappa shape index (κ2) is 8.73. The Balaban J connectivity index is 1.45. The van der Waals surface area contributed by atoms with Crippen LogP contribution in [0.1, 0.15) is 6.92 Å². The van der Waals surface area contributed by atoms with Gasteiger partial charge in [-0.25, -0.2) is 22.6 Å². The van der Waals surface area contributed by atoms with E-state index < -0.39 is 33.8 Å². The van der Waals surface area contributed by atoms with Gasteiger partial charge in [-0.1, -0.05) is 0 Å². The van der Waals surface area contributed by atoms with Crippen LogP contribution in [0.4, 0.5) is 20.7 Å². The molecule has 2 saturated heterocycles. The molecule has 32 heavy (non-hydrogen) atoms. The SMILES string of the molecule is CC(=O)OC[C@H]1CN(c2ccc(-c3ccc(N4CCS(=O)(=O)CC4)nc3)c(F)c2)C(=O)O1. The molecule has 2 fully saturated rings. The van der Waals surface area contributed by atoms with Crippen molar-refractivity contribution >= 4 is 33.4 Å². The quantitative estimate of drug-likeness (QED) is 0.620. The first kappa shape index (κ1) is 22.0. The van der Waals surface area contributed by atoms with Gasteiger partial charge in [-0.15, -0.1) is 0 Å². The van der Waals surface area contributed by atoms with Gasteiger partial charge in [-0.05, 0) is 30.3 Å². The summed E-state index contributed by atoms with van der Waals surface area (Å²) in [7, 11) is -2.98. The lowest BCUT2D eigenvalue weighted by atomic mass is 10.1. The highest BCUT2D eigenvalue weighted by molar-refractivity contribution is 7.91. The molecule has 0 aliphatic carbocycles. The van der Waals surface area contributed by atoms with Crippen molar-refractivity contribution in [2.24, 2.45) is 0 Å². The Hall–Kier alpha value is -3.21. The predicted molar refractivity (Wildman–Crippen MR) is 115 cm³/mol. The van der Waals surface area contributed by atoms with E-state index >= 15 is 0 Å². The third-order valence-electron chi connectivity index (χ3n) is 5.34. The summed E-state index contributed by atoms with van der Waals surface area (Å²) in [6.07, 6.45) is 0.287. The van der Waals surface area contributed by atoms with E-state index in [1.54, 1.807) is 24.3 Å². The topological polar surface area (TPSA) is 106 Å². The average molecular weight is 463 g/mol. The molecule has 1 aromatic heterocycles. The summed E-state index contributed by atoms with van der Waals surface area (Å²) in [5, 5.41) is 0. The van der Waals surface area contributed by atoms with Crippen molar-refractivity contribution in [1.82, 2.24) is 4.98 Å². The monoisotopic (exact) mass is 463 g/mol. The van der Waals surface area contributed by atoms with Crippen LogP contribution in [-0.4, -0.2) is 69.3 Å². The maximum absolute atomic E-state index is 14.9. The van der Waals surface area contributed by atoms with Gasteiger partial charge in [-0.2, -0.15) is 0 Å². The van der Waals surface area contributed by atoms with Crippen molar-refractivity contribution in [2.45, 2.75) is 13.0 Å². The second-order valence-electron chi connectivity index (χ2n) is 7.63. The predicted octanol–water partition coefficient (Wildman–Crippen LogP) is 2.01. The fraction of sp³-hybridized carbons (Fsp3) is 0.381. The van der Waals surface area contributed by atoms with Gasteiger partial charge in [0.2, 0.25) is 0 Å². The Kier molecular flexibility index (Phi) is 6.00. The number of carbonyl (C=O) groups is 2. The van der Waals surface area contributed by atoms with Crippen LogP contribution in [0.15, 0.2) is 36.5 Å². The summed E-state index contributed by atoms with van der Waals surface area (Å²) in [5.41, 5.74) is 1.21. The molecule has 9 nitrogen and oxygen atoms in total. The van der Waals surface area contributed by atoms with Gasteiger partial charge in [0.05, 0.1) is 23.7 Å². The van der Waals surface area contributed by atoms with Crippen molar-refractivity contribution < 1.29 is 31.9 Å². The lowest BCUT2D eigenvalue weighted by Gasteiger charge is -2.27. The van der Waals surface area contributed by atoms with E-state index in [-0.39, 0.29) is 24.7 Å². The van der Waals surface area contributed by atoms with Gasteiger partial charge in [0.1, 0.15) is 18.2 Å². The molecule has 0 unspecified atom stereocenters. The molecule has 4 rings (SSSR count).